The molecule has 19 heteroatoms. The van der Waals surface area contributed by atoms with Crippen LogP contribution < -0.4 is 0 Å². The number of hydrogen-bond acceptors (Lipinski definition) is 0. The molecule has 0 N–H and O–H groups in total. The summed E-state index contributed by atoms with van der Waals surface area (Å²) in [5.41, 5.74) is 0. The van der Waals surface area contributed by atoms with E-state index in [1.165, 1.54) is 0 Å². The van der Waals surface area contributed by atoms with Crippen molar-refractivity contribution in [3.05, 3.63) is 0 Å². The summed E-state index contributed by atoms with van der Waals surface area (Å²) in [6, 6.07) is 0. The summed E-state index contributed by atoms with van der Waals surface area (Å²) in [6.07, 6.45) is -15.6. The molecule has 0 aromatic rings. The van der Waals surface area contributed by atoms with E-state index in [-0.39, 0.29) is 18.9 Å². The molecule has 0 fully saturated rings. The molecule has 0 spiro atoms. The van der Waals surface area contributed by atoms with Gasteiger partial charge in [-0.1, -0.05) is 0 Å². The van der Waals surface area contributed by atoms with Crippen molar-refractivity contribution < 1.29 is 79.0 Å². The van der Waals surface area contributed by atoms with Crippen LogP contribution in [0.15, 0.2) is 0 Å². The summed E-state index contributed by atoms with van der Waals surface area (Å²) in [6.45, 7) is 0. The smallest absolute Gasteiger partial charge is 0.192 e. The molecule has 1 radical (unpaired) electrons. The molecule has 0 rings (SSSR count). The normalized spacial score (nSPS) is 16.2. The molecule has 0 nitrogen and oxygen atoms in total. The SMILES string of the molecule is FC(F)(F)C(F)(F)C(F)(F)C(F)(F)C(F)(F)C(F)(F)C(F)(F)C(F)(F)F.[Li]. The maximum Gasteiger partial charge on any atom is 0.460 e. The maximum absolute atomic E-state index is 12.8. The van der Waals surface area contributed by atoms with Gasteiger partial charge in [0, 0.05) is 18.9 Å². The quantitative estimate of drug-likeness (QED) is 0.385. The van der Waals surface area contributed by atoms with Gasteiger partial charge >= 0.3 is 47.9 Å². The Hall–Kier alpha value is -0.663. The Morgan fingerprint density at radius 2 is 0.333 bits per heavy atom. The molecule has 0 unspecified atom stereocenters. The van der Waals surface area contributed by atoms with Crippen molar-refractivity contribution in [2.24, 2.45) is 0 Å². The van der Waals surface area contributed by atoms with E-state index in [2.05, 4.69) is 0 Å². The van der Waals surface area contributed by atoms with E-state index in [4.69, 9.17) is 0 Å². The van der Waals surface area contributed by atoms with Crippen molar-refractivity contribution in [3.8, 4) is 0 Å². The van der Waals surface area contributed by atoms with Gasteiger partial charge in [-0.3, -0.25) is 0 Å². The van der Waals surface area contributed by atoms with Crippen LogP contribution in [0.4, 0.5) is 79.0 Å². The largest absolute Gasteiger partial charge is 0.460 e. The molecule has 0 aliphatic carbocycles. The van der Waals surface area contributed by atoms with Crippen molar-refractivity contribution >= 4 is 18.9 Å². The van der Waals surface area contributed by atoms with Crippen LogP contribution in [0, 0.1) is 0 Å². The maximum atomic E-state index is 12.8. The molecule has 0 aliphatic heterocycles. The second kappa shape index (κ2) is 6.70. The van der Waals surface area contributed by atoms with Crippen molar-refractivity contribution in [1.29, 1.82) is 0 Å². The summed E-state index contributed by atoms with van der Waals surface area (Å²) in [7, 11) is 0. The van der Waals surface area contributed by atoms with Gasteiger partial charge in [0.25, 0.3) is 0 Å². The van der Waals surface area contributed by atoms with Crippen molar-refractivity contribution in [1.82, 2.24) is 0 Å². The fourth-order valence-corrected chi connectivity index (χ4v) is 1.14. The van der Waals surface area contributed by atoms with Crippen molar-refractivity contribution in [3.63, 3.8) is 0 Å². The van der Waals surface area contributed by atoms with Gasteiger partial charge < -0.3 is 0 Å². The van der Waals surface area contributed by atoms with E-state index in [1.807, 2.05) is 0 Å². The molecular formula is C8F18Li. The summed E-state index contributed by atoms with van der Waals surface area (Å²) in [5.74, 6) is -51.0. The predicted molar refractivity (Wildman–Crippen MR) is 47.5 cm³/mol. The Bertz CT molecular complexity index is 474. The molecule has 27 heavy (non-hydrogen) atoms. The third-order valence-corrected chi connectivity index (χ3v) is 2.68. The van der Waals surface area contributed by atoms with E-state index in [1.54, 1.807) is 0 Å². The Balaban J connectivity index is 0. The average Bonchev–Trinajstić information content (AvgIpc) is 2.34. The van der Waals surface area contributed by atoms with Gasteiger partial charge in [-0.15, -0.1) is 0 Å². The minimum Gasteiger partial charge on any atom is -0.192 e. The first-order valence-corrected chi connectivity index (χ1v) is 5.15. The Morgan fingerprint density at radius 3 is 0.444 bits per heavy atom. The predicted octanol–water partition coefficient (Wildman–Crippen LogP) is 5.54. The molecule has 0 aromatic heterocycles. The number of rotatable bonds is 5. The minimum absolute atomic E-state index is 0. The molecule has 159 valence electrons. The van der Waals surface area contributed by atoms with Gasteiger partial charge in [0.1, 0.15) is 0 Å². The number of halogens is 18. The minimum atomic E-state index is -8.72. The van der Waals surface area contributed by atoms with Gasteiger partial charge in [-0.05, 0) is 0 Å². The first-order chi connectivity index (χ1) is 10.8. The van der Waals surface area contributed by atoms with Crippen LogP contribution in [0.5, 0.6) is 0 Å². The Kier molecular flexibility index (Phi) is 7.08. The third-order valence-electron chi connectivity index (χ3n) is 2.68. The second-order valence-electron chi connectivity index (χ2n) is 4.44. The van der Waals surface area contributed by atoms with Crippen LogP contribution in [0.3, 0.4) is 0 Å². The van der Waals surface area contributed by atoms with Gasteiger partial charge in [0.15, 0.2) is 0 Å². The third kappa shape index (κ3) is 3.55. The molecule has 0 bridgehead atoms. The average molecular weight is 445 g/mol. The van der Waals surface area contributed by atoms with Crippen LogP contribution in [0.25, 0.3) is 0 Å². The first kappa shape index (κ1) is 28.5. The summed E-state index contributed by atoms with van der Waals surface area (Å²) < 4.78 is 221. The van der Waals surface area contributed by atoms with Crippen LogP contribution in [-0.2, 0) is 0 Å². The van der Waals surface area contributed by atoms with Gasteiger partial charge in [0.2, 0.25) is 0 Å². The summed E-state index contributed by atoms with van der Waals surface area (Å²) in [4.78, 5) is 0. The van der Waals surface area contributed by atoms with E-state index >= 15 is 0 Å². The molecule has 0 saturated heterocycles. The molecule has 0 aliphatic rings. The molecule has 0 atom stereocenters. The molecule has 0 aromatic carbocycles. The van der Waals surface area contributed by atoms with Crippen molar-refractivity contribution in [2.45, 2.75) is 47.9 Å². The zero-order chi connectivity index (χ0) is 22.0. The van der Waals surface area contributed by atoms with Crippen molar-refractivity contribution in [2.75, 3.05) is 0 Å². The monoisotopic (exact) mass is 445 g/mol. The molecular weight excluding hydrogens is 445 g/mol. The topological polar surface area (TPSA) is 0 Å². The first-order valence-electron chi connectivity index (χ1n) is 5.15. The van der Waals surface area contributed by atoms with E-state index in [9.17, 15) is 79.0 Å². The standard InChI is InChI=1S/C8F18.Li/c9-1(10,3(13,14)5(17,18)7(21,22)23)2(11,12)4(15,16)6(19,20)8(24,25)26;. The van der Waals surface area contributed by atoms with E-state index in [0.29, 0.717) is 0 Å². The van der Waals surface area contributed by atoms with Crippen LogP contribution in [-0.4, -0.2) is 66.7 Å². The fraction of sp³-hybridized carbons (Fsp3) is 1.00. The number of hydrogen-bond donors (Lipinski definition) is 0. The van der Waals surface area contributed by atoms with Crippen LogP contribution >= 0.6 is 0 Å². The number of alkyl halides is 18. The summed E-state index contributed by atoms with van der Waals surface area (Å²) >= 11 is 0. The molecule has 0 saturated carbocycles. The summed E-state index contributed by atoms with van der Waals surface area (Å²) in [5, 5.41) is 0. The molecule has 0 heterocycles. The zero-order valence-corrected chi connectivity index (χ0v) is 11.8. The Labute approximate surface area is 147 Å². The van der Waals surface area contributed by atoms with E-state index < -0.39 is 47.9 Å². The van der Waals surface area contributed by atoms with Gasteiger partial charge in [-0.2, -0.15) is 79.0 Å². The molecule has 0 amide bonds. The van der Waals surface area contributed by atoms with Gasteiger partial charge in [0.05, 0.1) is 0 Å². The van der Waals surface area contributed by atoms with E-state index in [0.717, 1.165) is 0 Å². The zero-order valence-electron chi connectivity index (χ0n) is 11.8. The van der Waals surface area contributed by atoms with Crippen LogP contribution in [0.2, 0.25) is 0 Å². The Morgan fingerprint density at radius 1 is 0.222 bits per heavy atom. The van der Waals surface area contributed by atoms with Crippen LogP contribution in [0.1, 0.15) is 0 Å². The fourth-order valence-electron chi connectivity index (χ4n) is 1.14. The second-order valence-corrected chi connectivity index (χ2v) is 4.44. The van der Waals surface area contributed by atoms with Gasteiger partial charge in [-0.25, -0.2) is 0 Å².